The van der Waals surface area contributed by atoms with Crippen LogP contribution in [0.2, 0.25) is 0 Å². The molecule has 3 rings (SSSR count). The molecule has 2 amide bonds. The minimum Gasteiger partial charge on any atom is -0.366 e. The average Bonchev–Trinajstić information content (AvgIpc) is 2.85. The summed E-state index contributed by atoms with van der Waals surface area (Å²) in [6, 6.07) is 5.34. The molecular weight excluding hydrogens is 294 g/mol. The Morgan fingerprint density at radius 2 is 2.13 bits per heavy atom. The summed E-state index contributed by atoms with van der Waals surface area (Å²) in [6.45, 7) is 4.27. The molecule has 0 bridgehead atoms. The number of rotatable bonds is 3. The fourth-order valence-corrected chi connectivity index (χ4v) is 3.12. The predicted molar refractivity (Wildman–Crippen MR) is 85.3 cm³/mol. The number of nitrogens with zero attached hydrogens (tertiary/aromatic N) is 2. The lowest BCUT2D eigenvalue weighted by atomic mass is 9.95. The Hall–Kier alpha value is -2.63. The van der Waals surface area contributed by atoms with E-state index in [0.717, 1.165) is 35.3 Å². The highest BCUT2D eigenvalue weighted by atomic mass is 16.5. The van der Waals surface area contributed by atoms with Gasteiger partial charge in [-0.2, -0.15) is 0 Å². The molecule has 2 aromatic rings. The van der Waals surface area contributed by atoms with Crippen molar-refractivity contribution in [3.63, 3.8) is 0 Å². The fourth-order valence-electron chi connectivity index (χ4n) is 3.12. The molecule has 1 aromatic carbocycles. The molecule has 0 aliphatic carbocycles. The van der Waals surface area contributed by atoms with Crippen LogP contribution in [0.4, 0.5) is 5.69 Å². The second kappa shape index (κ2) is 5.87. The van der Waals surface area contributed by atoms with Crippen LogP contribution in [0.3, 0.4) is 0 Å². The lowest BCUT2D eigenvalue weighted by Crippen LogP contribution is -2.37. The van der Waals surface area contributed by atoms with Gasteiger partial charge in [0.05, 0.1) is 12.1 Å². The van der Waals surface area contributed by atoms with E-state index in [0.29, 0.717) is 17.9 Å². The summed E-state index contributed by atoms with van der Waals surface area (Å²) in [4.78, 5) is 26.1. The Labute approximate surface area is 134 Å². The second-order valence-electron chi connectivity index (χ2n) is 5.80. The topological polar surface area (TPSA) is 89.4 Å². The van der Waals surface area contributed by atoms with Crippen LogP contribution in [0.1, 0.15) is 39.4 Å². The molecule has 0 spiro atoms. The number of hydrogen-bond donors (Lipinski definition) is 1. The molecule has 6 heteroatoms. The molecule has 1 aliphatic heterocycles. The van der Waals surface area contributed by atoms with E-state index in [4.69, 9.17) is 10.3 Å². The third-order valence-electron chi connectivity index (χ3n) is 4.33. The largest absolute Gasteiger partial charge is 0.366 e. The van der Waals surface area contributed by atoms with E-state index in [-0.39, 0.29) is 12.3 Å². The first-order valence-electron chi connectivity index (χ1n) is 7.63. The van der Waals surface area contributed by atoms with Crippen LogP contribution < -0.4 is 10.6 Å². The van der Waals surface area contributed by atoms with Gasteiger partial charge in [-0.25, -0.2) is 0 Å². The van der Waals surface area contributed by atoms with E-state index in [1.54, 1.807) is 24.0 Å². The van der Waals surface area contributed by atoms with E-state index >= 15 is 0 Å². The van der Waals surface area contributed by atoms with E-state index in [1.807, 2.05) is 13.0 Å². The maximum atomic E-state index is 12.8. The number of aryl methyl sites for hydroxylation is 2. The molecule has 2 N–H and O–H groups in total. The Morgan fingerprint density at radius 3 is 2.78 bits per heavy atom. The fraction of sp³-hybridized carbons (Fsp3) is 0.353. The van der Waals surface area contributed by atoms with E-state index < -0.39 is 5.91 Å². The van der Waals surface area contributed by atoms with Gasteiger partial charge in [0, 0.05) is 23.4 Å². The number of amides is 2. The minimum atomic E-state index is -0.457. The van der Waals surface area contributed by atoms with E-state index in [2.05, 4.69) is 5.16 Å². The summed E-state index contributed by atoms with van der Waals surface area (Å²) in [7, 11) is 0. The quantitative estimate of drug-likeness (QED) is 0.937. The van der Waals surface area contributed by atoms with Gasteiger partial charge in [-0.1, -0.05) is 11.2 Å². The van der Waals surface area contributed by atoms with Gasteiger partial charge in [-0.3, -0.25) is 9.59 Å². The maximum absolute atomic E-state index is 12.8. The number of anilines is 1. The molecule has 120 valence electrons. The van der Waals surface area contributed by atoms with Crippen LogP contribution in [-0.4, -0.2) is 23.5 Å². The lowest BCUT2D eigenvalue weighted by molar-refractivity contribution is -0.118. The first-order chi connectivity index (χ1) is 11.0. The molecule has 23 heavy (non-hydrogen) atoms. The Balaban J connectivity index is 1.93. The Kier molecular flexibility index (Phi) is 3.90. The number of carbonyl (C=O) groups excluding carboxylic acids is 2. The Bertz CT molecular complexity index is 760. The number of hydrogen-bond acceptors (Lipinski definition) is 4. The van der Waals surface area contributed by atoms with Crippen LogP contribution in [0.25, 0.3) is 0 Å². The van der Waals surface area contributed by atoms with Gasteiger partial charge in [-0.05, 0) is 44.4 Å². The van der Waals surface area contributed by atoms with Crippen molar-refractivity contribution in [3.05, 3.63) is 46.3 Å². The van der Waals surface area contributed by atoms with Crippen molar-refractivity contribution in [2.45, 2.75) is 33.1 Å². The van der Waals surface area contributed by atoms with Crippen molar-refractivity contribution in [1.29, 1.82) is 0 Å². The number of aromatic nitrogens is 1. The van der Waals surface area contributed by atoms with Gasteiger partial charge < -0.3 is 15.2 Å². The zero-order valence-electron chi connectivity index (χ0n) is 13.3. The highest BCUT2D eigenvalue weighted by Crippen LogP contribution is 2.30. The van der Waals surface area contributed by atoms with Crippen LogP contribution in [0.5, 0.6) is 0 Å². The van der Waals surface area contributed by atoms with Gasteiger partial charge in [0.25, 0.3) is 0 Å². The molecule has 1 aliphatic rings. The third kappa shape index (κ3) is 2.72. The number of fused-ring (bicyclic) bond motifs is 1. The molecule has 0 fully saturated rings. The van der Waals surface area contributed by atoms with Crippen molar-refractivity contribution in [1.82, 2.24) is 5.16 Å². The van der Waals surface area contributed by atoms with Crippen LogP contribution >= 0.6 is 0 Å². The lowest BCUT2D eigenvalue weighted by Gasteiger charge is -2.30. The van der Waals surface area contributed by atoms with Crippen molar-refractivity contribution in [2.24, 2.45) is 5.73 Å². The molecule has 0 saturated carbocycles. The first kappa shape index (κ1) is 15.3. The molecule has 1 aromatic heterocycles. The van der Waals surface area contributed by atoms with Gasteiger partial charge in [0.1, 0.15) is 5.76 Å². The van der Waals surface area contributed by atoms with Crippen LogP contribution in [-0.2, 0) is 17.6 Å². The molecule has 0 saturated heterocycles. The summed E-state index contributed by atoms with van der Waals surface area (Å²) in [5, 5.41) is 3.89. The molecule has 0 atom stereocenters. The van der Waals surface area contributed by atoms with Crippen molar-refractivity contribution < 1.29 is 14.1 Å². The highest BCUT2D eigenvalue weighted by molar-refractivity contribution is 6.00. The summed E-state index contributed by atoms with van der Waals surface area (Å²) in [5.74, 6) is 0.183. The van der Waals surface area contributed by atoms with Crippen molar-refractivity contribution >= 4 is 17.5 Å². The summed E-state index contributed by atoms with van der Waals surface area (Å²) >= 11 is 0. The third-order valence-corrected chi connectivity index (χ3v) is 4.33. The SMILES string of the molecule is Cc1noc(C)c1CC(=O)N1CCCc2c(C(N)=O)cccc21. The smallest absolute Gasteiger partial charge is 0.249 e. The molecule has 0 unspecified atom stereocenters. The highest BCUT2D eigenvalue weighted by Gasteiger charge is 2.26. The van der Waals surface area contributed by atoms with E-state index in [1.165, 1.54) is 0 Å². The zero-order chi connectivity index (χ0) is 16.6. The Morgan fingerprint density at radius 1 is 1.35 bits per heavy atom. The van der Waals surface area contributed by atoms with Gasteiger partial charge in [0.2, 0.25) is 11.8 Å². The second-order valence-corrected chi connectivity index (χ2v) is 5.80. The van der Waals surface area contributed by atoms with Crippen molar-refractivity contribution in [3.8, 4) is 0 Å². The zero-order valence-corrected chi connectivity index (χ0v) is 13.3. The minimum absolute atomic E-state index is 0.0260. The average molecular weight is 313 g/mol. The summed E-state index contributed by atoms with van der Waals surface area (Å²) < 4.78 is 5.12. The number of primary amides is 1. The first-order valence-corrected chi connectivity index (χ1v) is 7.63. The molecular formula is C17H19N3O3. The van der Waals surface area contributed by atoms with Gasteiger partial charge >= 0.3 is 0 Å². The van der Waals surface area contributed by atoms with Gasteiger partial charge in [-0.15, -0.1) is 0 Å². The van der Waals surface area contributed by atoms with Crippen LogP contribution in [0.15, 0.2) is 22.7 Å². The molecule has 6 nitrogen and oxygen atoms in total. The molecule has 0 radical (unpaired) electrons. The summed E-state index contributed by atoms with van der Waals surface area (Å²) in [6.07, 6.45) is 1.80. The maximum Gasteiger partial charge on any atom is 0.249 e. The standard InChI is InChI=1S/C17H19N3O3/c1-10-14(11(2)23-19-10)9-16(21)20-8-4-6-12-13(17(18)22)5-3-7-15(12)20/h3,5,7H,4,6,8-9H2,1-2H3,(H2,18,22). The van der Waals surface area contributed by atoms with E-state index in [9.17, 15) is 9.59 Å². The number of carbonyl (C=O) groups is 2. The van der Waals surface area contributed by atoms with Crippen molar-refractivity contribution in [2.75, 3.05) is 11.4 Å². The number of nitrogens with two attached hydrogens (primary N) is 1. The summed E-state index contributed by atoms with van der Waals surface area (Å²) in [5.41, 5.74) is 9.15. The van der Waals surface area contributed by atoms with Crippen LogP contribution in [0, 0.1) is 13.8 Å². The predicted octanol–water partition coefficient (Wildman–Crippen LogP) is 1.91. The molecule has 2 heterocycles. The van der Waals surface area contributed by atoms with Gasteiger partial charge in [0.15, 0.2) is 0 Å². The monoisotopic (exact) mass is 313 g/mol. The number of benzene rings is 1. The normalized spacial score (nSPS) is 13.7.